The smallest absolute Gasteiger partial charge is 0.135 e. The van der Waals surface area contributed by atoms with Gasteiger partial charge in [-0.05, 0) is 84.1 Å². The molecule has 0 radical (unpaired) electrons. The van der Waals surface area contributed by atoms with Gasteiger partial charge in [0.1, 0.15) is 11.5 Å². The summed E-state index contributed by atoms with van der Waals surface area (Å²) in [5, 5.41) is 2.66. The second-order valence-electron chi connectivity index (χ2n) is 10.7. The van der Waals surface area contributed by atoms with E-state index in [-0.39, 0.29) is 45.7 Å². The third-order valence-electron chi connectivity index (χ3n) is 8.30. The zero-order chi connectivity index (χ0) is 35.3. The number of rotatable bonds is 3. The first kappa shape index (κ1) is 17.3. The lowest BCUT2D eigenvalue weighted by Gasteiger charge is -2.23. The summed E-state index contributed by atoms with van der Waals surface area (Å²) < 4.78 is 78.4. The van der Waals surface area contributed by atoms with Crippen LogP contribution in [-0.2, 0) is 0 Å². The van der Waals surface area contributed by atoms with E-state index in [1.54, 1.807) is 6.07 Å². The van der Waals surface area contributed by atoms with Crippen molar-refractivity contribution in [3.8, 4) is 56.0 Å². The summed E-state index contributed by atoms with van der Waals surface area (Å²) in [7, 11) is 0. The second kappa shape index (κ2) is 9.44. The van der Waals surface area contributed by atoms with Gasteiger partial charge in [-0.25, -0.2) is 0 Å². The van der Waals surface area contributed by atoms with Crippen LogP contribution in [0.3, 0.4) is 0 Å². The van der Waals surface area contributed by atoms with Crippen molar-refractivity contribution in [1.29, 1.82) is 0 Å². The summed E-state index contributed by atoms with van der Waals surface area (Å²) >= 11 is 0. The Hall–Kier alpha value is -5.66. The fourth-order valence-corrected chi connectivity index (χ4v) is 6.38. The Labute approximate surface area is 261 Å². The number of hydrogen-bond acceptors (Lipinski definition) is 1. The largest absolute Gasteiger partial charge is 0.456 e. The van der Waals surface area contributed by atoms with Gasteiger partial charge in [0.05, 0.1) is 11.0 Å². The van der Waals surface area contributed by atoms with Gasteiger partial charge in [0, 0.05) is 10.9 Å². The Morgan fingerprint density at radius 3 is 1.65 bits per heavy atom. The lowest BCUT2D eigenvalue weighted by atomic mass is 9.84. The minimum Gasteiger partial charge on any atom is -0.456 e. The molecule has 0 atom stereocenters. The van der Waals surface area contributed by atoms with Gasteiger partial charge >= 0.3 is 0 Å². The zero-order valence-electron chi connectivity index (χ0n) is 30.8. The van der Waals surface area contributed by atoms with Gasteiger partial charge in [-0.2, -0.15) is 0 Å². The molecule has 1 nitrogen and oxygen atoms in total. The Morgan fingerprint density at radius 1 is 0.419 bits per heavy atom. The maximum absolute atomic E-state index is 9.29. The molecule has 0 aromatic heterocycles. The monoisotopic (exact) mass is 554 g/mol. The molecule has 1 heterocycles. The highest BCUT2D eigenvalue weighted by molar-refractivity contribution is 6.21. The molecule has 0 saturated heterocycles. The SMILES string of the molecule is [2H]c1c([2H])c([2H])c2c(-c3ccc4c(c3)-c3cccc5cccc(c35)O4)c3c([2H])c([2H])c([2H])c([2H])c3c(-c3ccc(-c4ccccc4)cc3)c2c1[2H]. The summed E-state index contributed by atoms with van der Waals surface area (Å²) in [6.07, 6.45) is 0. The van der Waals surface area contributed by atoms with Crippen molar-refractivity contribution in [2.75, 3.05) is 0 Å². The first-order chi connectivity index (χ1) is 24.7. The number of benzene rings is 8. The predicted octanol–water partition coefficient (Wildman–Crippen LogP) is 11.9. The average Bonchev–Trinajstić information content (AvgIpc) is 3.17. The normalized spacial score (nSPS) is 14.5. The Bertz CT molecular complexity index is 2710. The van der Waals surface area contributed by atoms with Crippen LogP contribution in [-0.4, -0.2) is 0 Å². The molecule has 0 aliphatic carbocycles. The van der Waals surface area contributed by atoms with E-state index in [9.17, 15) is 5.48 Å². The Balaban J connectivity index is 1.44. The van der Waals surface area contributed by atoms with Crippen molar-refractivity contribution in [1.82, 2.24) is 0 Å². The minimum absolute atomic E-state index is 0.177. The maximum Gasteiger partial charge on any atom is 0.135 e. The van der Waals surface area contributed by atoms with E-state index in [4.69, 9.17) is 10.2 Å². The van der Waals surface area contributed by atoms with E-state index in [1.165, 1.54) is 0 Å². The highest BCUT2D eigenvalue weighted by atomic mass is 16.5. The molecule has 9 rings (SSSR count). The van der Waals surface area contributed by atoms with Crippen LogP contribution >= 0.6 is 0 Å². The van der Waals surface area contributed by atoms with Crippen LogP contribution < -0.4 is 4.74 Å². The molecule has 1 aliphatic heterocycles. The van der Waals surface area contributed by atoms with Gasteiger partial charge in [0.15, 0.2) is 0 Å². The lowest BCUT2D eigenvalue weighted by Crippen LogP contribution is -1.97. The minimum atomic E-state index is -0.431. The first-order valence-electron chi connectivity index (χ1n) is 18.1. The molecule has 0 unspecified atom stereocenters. The maximum atomic E-state index is 9.29. The van der Waals surface area contributed by atoms with Crippen LogP contribution in [0.15, 0.2) is 158 Å². The van der Waals surface area contributed by atoms with Gasteiger partial charge < -0.3 is 4.74 Å². The molecule has 1 heteroatoms. The third kappa shape index (κ3) is 3.72. The van der Waals surface area contributed by atoms with Crippen molar-refractivity contribution in [2.45, 2.75) is 0 Å². The molecule has 8 aromatic carbocycles. The summed E-state index contributed by atoms with van der Waals surface area (Å²) in [5.41, 5.74) is 5.34. The lowest BCUT2D eigenvalue weighted by molar-refractivity contribution is 0.487. The number of fused-ring (bicyclic) bond motifs is 4. The summed E-state index contributed by atoms with van der Waals surface area (Å²) in [4.78, 5) is 0. The molecule has 43 heavy (non-hydrogen) atoms. The predicted molar refractivity (Wildman–Crippen MR) is 181 cm³/mol. The quantitative estimate of drug-likeness (QED) is 0.197. The van der Waals surface area contributed by atoms with Gasteiger partial charge in [-0.3, -0.25) is 0 Å². The molecular formula is C42H26O. The topological polar surface area (TPSA) is 9.23 Å². The summed E-state index contributed by atoms with van der Waals surface area (Å²) in [5.74, 6) is 1.34. The highest BCUT2D eigenvalue weighted by Gasteiger charge is 2.22. The Morgan fingerprint density at radius 2 is 0.977 bits per heavy atom. The standard InChI is InChI=1S/C42H26O/c1-2-10-27(11-3-1)28-20-22-30(23-21-28)40-32-14-4-6-16-34(32)41(35-17-7-5-15-33(35)40)31-24-25-38-37(26-31)36-18-8-12-29-13-9-19-39(43-38)42(29)36/h1-26H/i4D,5D,6D,7D,14D,15D,16D,17D. The second-order valence-corrected chi connectivity index (χ2v) is 10.7. The van der Waals surface area contributed by atoms with Gasteiger partial charge in [0.25, 0.3) is 0 Å². The molecular weight excluding hydrogens is 520 g/mol. The van der Waals surface area contributed by atoms with Crippen molar-refractivity contribution in [3.05, 3.63) is 158 Å². The molecule has 0 fully saturated rings. The van der Waals surface area contributed by atoms with E-state index in [1.807, 2.05) is 103 Å². The zero-order valence-corrected chi connectivity index (χ0v) is 22.8. The number of hydrogen-bond donors (Lipinski definition) is 0. The summed E-state index contributed by atoms with van der Waals surface area (Å²) in [6.45, 7) is 0. The molecule has 0 spiro atoms. The molecule has 8 aromatic rings. The number of ether oxygens (including phenoxy) is 1. The van der Waals surface area contributed by atoms with E-state index in [0.717, 1.165) is 38.8 Å². The highest BCUT2D eigenvalue weighted by Crippen LogP contribution is 2.49. The van der Waals surface area contributed by atoms with Crippen molar-refractivity contribution >= 4 is 32.3 Å². The van der Waals surface area contributed by atoms with Gasteiger partial charge in [-0.15, -0.1) is 0 Å². The fraction of sp³-hybridized carbons (Fsp3) is 0. The molecule has 1 aliphatic rings. The van der Waals surface area contributed by atoms with Crippen LogP contribution in [0, 0.1) is 0 Å². The molecule has 0 amide bonds. The molecule has 0 bridgehead atoms. The van der Waals surface area contributed by atoms with E-state index >= 15 is 0 Å². The van der Waals surface area contributed by atoms with Crippen LogP contribution in [0.4, 0.5) is 0 Å². The third-order valence-corrected chi connectivity index (χ3v) is 8.30. The van der Waals surface area contributed by atoms with Crippen molar-refractivity contribution in [2.24, 2.45) is 0 Å². The van der Waals surface area contributed by atoms with Crippen LogP contribution in [0.5, 0.6) is 11.5 Å². The van der Waals surface area contributed by atoms with Crippen LogP contribution in [0.1, 0.15) is 11.0 Å². The van der Waals surface area contributed by atoms with Crippen LogP contribution in [0.2, 0.25) is 0 Å². The van der Waals surface area contributed by atoms with Crippen molar-refractivity contribution < 1.29 is 15.7 Å². The molecule has 0 N–H and O–H groups in total. The van der Waals surface area contributed by atoms with Crippen LogP contribution in [0.25, 0.3) is 76.8 Å². The van der Waals surface area contributed by atoms with E-state index < -0.39 is 24.2 Å². The van der Waals surface area contributed by atoms with Gasteiger partial charge in [-0.1, -0.05) is 139 Å². The molecule has 200 valence electrons. The van der Waals surface area contributed by atoms with E-state index in [2.05, 4.69) is 0 Å². The summed E-state index contributed by atoms with van der Waals surface area (Å²) in [6, 6.07) is 31.8. The van der Waals surface area contributed by atoms with Crippen molar-refractivity contribution in [3.63, 3.8) is 0 Å². The molecule has 0 saturated carbocycles. The fourth-order valence-electron chi connectivity index (χ4n) is 6.38. The van der Waals surface area contributed by atoms with Gasteiger partial charge in [0.2, 0.25) is 0 Å². The first-order valence-corrected chi connectivity index (χ1v) is 14.1. The average molecular weight is 555 g/mol. The van der Waals surface area contributed by atoms with E-state index in [0.29, 0.717) is 28.0 Å². The Kier molecular flexibility index (Phi) is 3.80.